The predicted octanol–water partition coefficient (Wildman–Crippen LogP) is 3.08. The maximum atomic E-state index is 13.9. The number of esters is 1. The first-order valence-electron chi connectivity index (χ1n) is 6.37. The number of benzene rings is 2. The number of methoxy groups -OCH3 is 1. The van der Waals surface area contributed by atoms with Crippen LogP contribution in [0.5, 0.6) is 5.75 Å². The van der Waals surface area contributed by atoms with E-state index in [0.29, 0.717) is 17.0 Å². The van der Waals surface area contributed by atoms with Gasteiger partial charge in [0.25, 0.3) is 0 Å². The number of hydrogen-bond acceptors (Lipinski definition) is 4. The van der Waals surface area contributed by atoms with Gasteiger partial charge in [0, 0.05) is 5.69 Å². The van der Waals surface area contributed by atoms with Crippen molar-refractivity contribution in [2.24, 2.45) is 0 Å². The van der Waals surface area contributed by atoms with Crippen molar-refractivity contribution in [2.75, 3.05) is 12.8 Å². The second kappa shape index (κ2) is 6.26. The van der Waals surface area contributed by atoms with Crippen LogP contribution in [-0.2, 0) is 11.3 Å². The molecule has 0 bridgehead atoms. The number of aryl methyl sites for hydroxylation is 1. The maximum Gasteiger partial charge on any atom is 0.341 e. The van der Waals surface area contributed by atoms with Crippen LogP contribution in [-0.4, -0.2) is 13.1 Å². The fraction of sp³-hybridized carbons (Fsp3) is 0.188. The number of carbonyl (C=O) groups is 1. The van der Waals surface area contributed by atoms with Gasteiger partial charge in [-0.3, -0.25) is 0 Å². The summed E-state index contributed by atoms with van der Waals surface area (Å²) < 4.78 is 24.0. The molecule has 0 aromatic heterocycles. The largest absolute Gasteiger partial charge is 0.497 e. The van der Waals surface area contributed by atoms with Crippen molar-refractivity contribution in [3.63, 3.8) is 0 Å². The minimum Gasteiger partial charge on any atom is -0.497 e. The van der Waals surface area contributed by atoms with Crippen molar-refractivity contribution in [2.45, 2.75) is 13.5 Å². The lowest BCUT2D eigenvalue weighted by molar-refractivity contribution is 0.0467. The smallest absolute Gasteiger partial charge is 0.341 e. The molecule has 0 fully saturated rings. The Hall–Kier alpha value is -2.56. The van der Waals surface area contributed by atoms with Crippen LogP contribution < -0.4 is 10.5 Å². The van der Waals surface area contributed by atoms with Crippen LogP contribution in [0.3, 0.4) is 0 Å². The third-order valence-corrected chi connectivity index (χ3v) is 3.03. The topological polar surface area (TPSA) is 61.5 Å². The second-order valence-electron chi connectivity index (χ2n) is 4.62. The quantitative estimate of drug-likeness (QED) is 0.694. The lowest BCUT2D eigenvalue weighted by Crippen LogP contribution is -2.09. The van der Waals surface area contributed by atoms with Gasteiger partial charge in [-0.25, -0.2) is 9.18 Å². The molecule has 2 aromatic rings. The highest BCUT2D eigenvalue weighted by molar-refractivity contribution is 5.91. The zero-order valence-corrected chi connectivity index (χ0v) is 11.9. The number of anilines is 1. The van der Waals surface area contributed by atoms with Crippen molar-refractivity contribution in [3.8, 4) is 5.75 Å². The van der Waals surface area contributed by atoms with E-state index < -0.39 is 11.8 Å². The van der Waals surface area contributed by atoms with Gasteiger partial charge in [0.05, 0.1) is 12.7 Å². The molecule has 0 aliphatic rings. The van der Waals surface area contributed by atoms with Crippen LogP contribution in [0.25, 0.3) is 0 Å². The Morgan fingerprint density at radius 1 is 1.24 bits per heavy atom. The molecule has 0 atom stereocenters. The highest BCUT2D eigenvalue weighted by Gasteiger charge is 2.16. The average Bonchev–Trinajstić information content (AvgIpc) is 2.49. The summed E-state index contributed by atoms with van der Waals surface area (Å²) in [6, 6.07) is 9.80. The Bertz CT molecular complexity index is 653. The number of hydrogen-bond donors (Lipinski definition) is 1. The van der Waals surface area contributed by atoms with Crippen LogP contribution in [0, 0.1) is 12.7 Å². The van der Waals surface area contributed by atoms with Gasteiger partial charge in [0.15, 0.2) is 0 Å². The first-order chi connectivity index (χ1) is 10.0. The van der Waals surface area contributed by atoms with Gasteiger partial charge in [-0.05, 0) is 42.3 Å². The first-order valence-corrected chi connectivity index (χ1v) is 6.37. The zero-order chi connectivity index (χ0) is 15.4. The molecule has 21 heavy (non-hydrogen) atoms. The number of rotatable bonds is 4. The Morgan fingerprint density at radius 3 is 2.52 bits per heavy atom. The molecule has 0 aliphatic heterocycles. The Labute approximate surface area is 122 Å². The molecule has 5 heteroatoms. The normalized spacial score (nSPS) is 10.2. The monoisotopic (exact) mass is 289 g/mol. The van der Waals surface area contributed by atoms with E-state index in [1.54, 1.807) is 38.3 Å². The summed E-state index contributed by atoms with van der Waals surface area (Å²) >= 11 is 0. The average molecular weight is 289 g/mol. The molecule has 0 saturated carbocycles. The van der Waals surface area contributed by atoms with E-state index in [1.165, 1.54) is 12.1 Å². The van der Waals surface area contributed by atoms with E-state index in [1.807, 2.05) is 0 Å². The Morgan fingerprint density at radius 2 is 1.90 bits per heavy atom. The molecule has 0 spiro atoms. The summed E-state index contributed by atoms with van der Waals surface area (Å²) in [5.74, 6) is -0.634. The Balaban J connectivity index is 2.08. The molecule has 110 valence electrons. The summed E-state index contributed by atoms with van der Waals surface area (Å²) in [7, 11) is 1.57. The molecule has 0 saturated heterocycles. The van der Waals surface area contributed by atoms with Crippen molar-refractivity contribution >= 4 is 11.7 Å². The summed E-state index contributed by atoms with van der Waals surface area (Å²) in [6.45, 7) is 1.60. The molecule has 2 N–H and O–H groups in total. The number of ether oxygens (including phenoxy) is 2. The van der Waals surface area contributed by atoms with Gasteiger partial charge in [-0.2, -0.15) is 0 Å². The minimum atomic E-state index is -0.737. The van der Waals surface area contributed by atoms with Gasteiger partial charge >= 0.3 is 5.97 Å². The number of halogens is 1. The van der Waals surface area contributed by atoms with Crippen molar-refractivity contribution in [1.82, 2.24) is 0 Å². The molecular weight excluding hydrogens is 273 g/mol. The molecule has 0 heterocycles. The van der Waals surface area contributed by atoms with Crippen LogP contribution in [0.2, 0.25) is 0 Å². The Kier molecular flexibility index (Phi) is 4.42. The number of nitrogen functional groups attached to an aromatic ring is 1. The van der Waals surface area contributed by atoms with E-state index in [2.05, 4.69) is 0 Å². The molecule has 2 rings (SSSR count). The van der Waals surface area contributed by atoms with Crippen LogP contribution in [0.4, 0.5) is 10.1 Å². The number of nitrogens with two attached hydrogens (primary N) is 1. The lowest BCUT2D eigenvalue weighted by atomic mass is 10.1. The van der Waals surface area contributed by atoms with E-state index in [9.17, 15) is 9.18 Å². The van der Waals surface area contributed by atoms with Crippen LogP contribution in [0.1, 0.15) is 21.5 Å². The summed E-state index contributed by atoms with van der Waals surface area (Å²) in [5, 5.41) is 0. The van der Waals surface area contributed by atoms with E-state index in [-0.39, 0.29) is 12.2 Å². The summed E-state index contributed by atoms with van der Waals surface area (Å²) in [5.41, 5.74) is 6.88. The predicted molar refractivity (Wildman–Crippen MR) is 77.7 cm³/mol. The van der Waals surface area contributed by atoms with Gasteiger partial charge < -0.3 is 15.2 Å². The fourth-order valence-corrected chi connectivity index (χ4v) is 1.89. The minimum absolute atomic E-state index is 0.0517. The highest BCUT2D eigenvalue weighted by atomic mass is 19.1. The standard InChI is InChI=1S/C16H16FNO3/c1-10-7-12(18)8-14(15(10)17)16(19)21-9-11-3-5-13(20-2)6-4-11/h3-8H,9,18H2,1-2H3. The first kappa shape index (κ1) is 14.8. The van der Waals surface area contributed by atoms with Crippen molar-refractivity contribution < 1.29 is 18.7 Å². The van der Waals surface area contributed by atoms with Crippen molar-refractivity contribution in [1.29, 1.82) is 0 Å². The molecule has 0 amide bonds. The number of carbonyl (C=O) groups excluding carboxylic acids is 1. The molecular formula is C16H16FNO3. The van der Waals surface area contributed by atoms with E-state index >= 15 is 0 Å². The third-order valence-electron chi connectivity index (χ3n) is 3.03. The van der Waals surface area contributed by atoms with E-state index in [4.69, 9.17) is 15.2 Å². The molecule has 0 unspecified atom stereocenters. The van der Waals surface area contributed by atoms with Crippen LogP contribution in [0.15, 0.2) is 36.4 Å². The third kappa shape index (κ3) is 3.51. The lowest BCUT2D eigenvalue weighted by Gasteiger charge is -2.08. The summed E-state index contributed by atoms with van der Waals surface area (Å²) in [4.78, 5) is 11.9. The molecule has 4 nitrogen and oxygen atoms in total. The SMILES string of the molecule is COc1ccc(COC(=O)c2cc(N)cc(C)c2F)cc1. The van der Waals surface area contributed by atoms with Gasteiger partial charge in [-0.15, -0.1) is 0 Å². The van der Waals surface area contributed by atoms with E-state index in [0.717, 1.165) is 5.56 Å². The zero-order valence-electron chi connectivity index (χ0n) is 11.9. The molecule has 0 radical (unpaired) electrons. The fourth-order valence-electron chi connectivity index (χ4n) is 1.89. The van der Waals surface area contributed by atoms with Crippen molar-refractivity contribution in [3.05, 3.63) is 58.9 Å². The molecule has 2 aromatic carbocycles. The van der Waals surface area contributed by atoms with Gasteiger partial charge in [0.2, 0.25) is 0 Å². The molecule has 0 aliphatic carbocycles. The summed E-state index contributed by atoms with van der Waals surface area (Å²) in [6.07, 6.45) is 0. The van der Waals surface area contributed by atoms with Gasteiger partial charge in [-0.1, -0.05) is 12.1 Å². The maximum absolute atomic E-state index is 13.9. The van der Waals surface area contributed by atoms with Crippen LogP contribution >= 0.6 is 0 Å². The second-order valence-corrected chi connectivity index (χ2v) is 4.62. The van der Waals surface area contributed by atoms with Gasteiger partial charge in [0.1, 0.15) is 18.2 Å². The highest BCUT2D eigenvalue weighted by Crippen LogP contribution is 2.19.